The zero-order valence-corrected chi connectivity index (χ0v) is 8.86. The standard InChI is InChI=1S/C8H18S2/c1-8(4-6-9-2)5-7-10-3/h8H,4-7H2,1-3H3. The number of rotatable bonds is 6. The van der Waals surface area contributed by atoms with E-state index in [0.717, 1.165) is 5.92 Å². The number of hydrogen-bond acceptors (Lipinski definition) is 2. The topological polar surface area (TPSA) is 0 Å². The molecule has 0 aliphatic rings. The molecule has 0 aromatic rings. The van der Waals surface area contributed by atoms with Crippen molar-refractivity contribution in [2.24, 2.45) is 5.92 Å². The van der Waals surface area contributed by atoms with E-state index in [2.05, 4.69) is 19.4 Å². The van der Waals surface area contributed by atoms with Gasteiger partial charge in [-0.3, -0.25) is 0 Å². The molecule has 0 amide bonds. The first-order valence-corrected chi connectivity index (χ1v) is 6.58. The summed E-state index contributed by atoms with van der Waals surface area (Å²) in [6.07, 6.45) is 7.14. The molecule has 0 radical (unpaired) electrons. The van der Waals surface area contributed by atoms with Crippen LogP contribution >= 0.6 is 23.5 Å². The monoisotopic (exact) mass is 178 g/mol. The van der Waals surface area contributed by atoms with Crippen LogP contribution in [-0.4, -0.2) is 24.0 Å². The molecule has 0 aliphatic heterocycles. The SMILES string of the molecule is CSCCC(C)CCSC. The van der Waals surface area contributed by atoms with Crippen molar-refractivity contribution in [1.82, 2.24) is 0 Å². The molecule has 0 spiro atoms. The third-order valence-electron chi connectivity index (χ3n) is 1.63. The summed E-state index contributed by atoms with van der Waals surface area (Å²) in [5.74, 6) is 3.59. The van der Waals surface area contributed by atoms with E-state index >= 15 is 0 Å². The molecule has 0 aliphatic carbocycles. The van der Waals surface area contributed by atoms with Crippen molar-refractivity contribution in [2.75, 3.05) is 24.0 Å². The molecule has 0 fully saturated rings. The van der Waals surface area contributed by atoms with Crippen molar-refractivity contribution < 1.29 is 0 Å². The van der Waals surface area contributed by atoms with E-state index in [-0.39, 0.29) is 0 Å². The summed E-state index contributed by atoms with van der Waals surface area (Å²) in [4.78, 5) is 0. The first-order valence-electron chi connectivity index (χ1n) is 3.79. The fraction of sp³-hybridized carbons (Fsp3) is 1.00. The Morgan fingerprint density at radius 1 is 1.00 bits per heavy atom. The van der Waals surface area contributed by atoms with Crippen LogP contribution in [0.2, 0.25) is 0 Å². The molecule has 10 heavy (non-hydrogen) atoms. The lowest BCUT2D eigenvalue weighted by molar-refractivity contribution is 0.554. The smallest absolute Gasteiger partial charge is 0.00678 e. The van der Waals surface area contributed by atoms with Crippen LogP contribution in [0.15, 0.2) is 0 Å². The Bertz CT molecular complexity index is 56.3. The molecule has 0 saturated heterocycles. The molecule has 0 nitrogen and oxygen atoms in total. The molecule has 0 aromatic heterocycles. The van der Waals surface area contributed by atoms with Crippen LogP contribution in [0.4, 0.5) is 0 Å². The van der Waals surface area contributed by atoms with Gasteiger partial charge in [0.2, 0.25) is 0 Å². The van der Waals surface area contributed by atoms with Gasteiger partial charge in [-0.25, -0.2) is 0 Å². The first kappa shape index (κ1) is 10.7. The highest BCUT2D eigenvalue weighted by atomic mass is 32.2. The largest absolute Gasteiger partial charge is 0.165 e. The van der Waals surface area contributed by atoms with Gasteiger partial charge in [0, 0.05) is 0 Å². The molecule has 0 unspecified atom stereocenters. The second-order valence-electron chi connectivity index (χ2n) is 2.67. The van der Waals surface area contributed by atoms with Crippen LogP contribution < -0.4 is 0 Å². The lowest BCUT2D eigenvalue weighted by atomic mass is 10.1. The highest BCUT2D eigenvalue weighted by Gasteiger charge is 1.99. The van der Waals surface area contributed by atoms with E-state index in [4.69, 9.17) is 0 Å². The lowest BCUT2D eigenvalue weighted by Crippen LogP contribution is -1.97. The van der Waals surface area contributed by atoms with Gasteiger partial charge in [0.25, 0.3) is 0 Å². The van der Waals surface area contributed by atoms with Crippen molar-refractivity contribution in [3.05, 3.63) is 0 Å². The molecular formula is C8H18S2. The summed E-state index contributed by atoms with van der Waals surface area (Å²) in [6.45, 7) is 2.35. The number of thioether (sulfide) groups is 2. The maximum absolute atomic E-state index is 2.35. The highest BCUT2D eigenvalue weighted by molar-refractivity contribution is 7.98. The van der Waals surface area contributed by atoms with Gasteiger partial charge in [-0.2, -0.15) is 23.5 Å². The third kappa shape index (κ3) is 6.81. The van der Waals surface area contributed by atoms with Crippen molar-refractivity contribution in [2.45, 2.75) is 19.8 Å². The molecule has 2 heteroatoms. The Morgan fingerprint density at radius 2 is 1.40 bits per heavy atom. The van der Waals surface area contributed by atoms with Gasteiger partial charge in [0.15, 0.2) is 0 Å². The Labute approximate surface area is 73.5 Å². The van der Waals surface area contributed by atoms with E-state index < -0.39 is 0 Å². The zero-order chi connectivity index (χ0) is 7.82. The van der Waals surface area contributed by atoms with Crippen LogP contribution in [-0.2, 0) is 0 Å². The Balaban J connectivity index is 3.00. The van der Waals surface area contributed by atoms with Crippen molar-refractivity contribution in [3.63, 3.8) is 0 Å². The van der Waals surface area contributed by atoms with Gasteiger partial charge in [0.1, 0.15) is 0 Å². The maximum Gasteiger partial charge on any atom is -0.00678 e. The normalized spacial score (nSPS) is 10.8. The van der Waals surface area contributed by atoms with Crippen LogP contribution in [0, 0.1) is 5.92 Å². The predicted octanol–water partition coefficient (Wildman–Crippen LogP) is 3.13. The second-order valence-corrected chi connectivity index (χ2v) is 4.64. The van der Waals surface area contributed by atoms with Gasteiger partial charge in [-0.1, -0.05) is 6.92 Å². The summed E-state index contributed by atoms with van der Waals surface area (Å²) in [6, 6.07) is 0. The quantitative estimate of drug-likeness (QED) is 0.613. The van der Waals surface area contributed by atoms with Crippen LogP contribution in [0.25, 0.3) is 0 Å². The average molecular weight is 178 g/mol. The van der Waals surface area contributed by atoms with E-state index in [0.29, 0.717) is 0 Å². The van der Waals surface area contributed by atoms with E-state index in [9.17, 15) is 0 Å². The van der Waals surface area contributed by atoms with Gasteiger partial charge in [-0.05, 0) is 42.8 Å². The minimum atomic E-state index is 0.930. The molecule has 0 heterocycles. The Hall–Kier alpha value is 0.700. The molecule has 62 valence electrons. The van der Waals surface area contributed by atoms with Crippen molar-refractivity contribution >= 4 is 23.5 Å². The predicted molar refractivity (Wildman–Crippen MR) is 55.2 cm³/mol. The van der Waals surface area contributed by atoms with Crippen molar-refractivity contribution in [1.29, 1.82) is 0 Å². The van der Waals surface area contributed by atoms with Gasteiger partial charge >= 0.3 is 0 Å². The molecule has 0 N–H and O–H groups in total. The highest BCUT2D eigenvalue weighted by Crippen LogP contribution is 2.12. The first-order chi connectivity index (χ1) is 4.81. The van der Waals surface area contributed by atoms with Crippen LogP contribution in [0.3, 0.4) is 0 Å². The van der Waals surface area contributed by atoms with Gasteiger partial charge in [0.05, 0.1) is 0 Å². The molecule has 0 bridgehead atoms. The average Bonchev–Trinajstić information content (AvgIpc) is 1.97. The van der Waals surface area contributed by atoms with E-state index in [1.54, 1.807) is 0 Å². The summed E-state index contributed by atoms with van der Waals surface area (Å²) < 4.78 is 0. The zero-order valence-electron chi connectivity index (χ0n) is 7.22. The molecule has 0 atom stereocenters. The third-order valence-corrected chi connectivity index (χ3v) is 2.92. The van der Waals surface area contributed by atoms with Crippen molar-refractivity contribution in [3.8, 4) is 0 Å². The summed E-state index contributed by atoms with van der Waals surface area (Å²) in [5, 5.41) is 0. The maximum atomic E-state index is 2.35. The summed E-state index contributed by atoms with van der Waals surface area (Å²) in [7, 11) is 0. The fourth-order valence-corrected chi connectivity index (χ4v) is 2.06. The molecule has 0 rings (SSSR count). The Kier molecular flexibility index (Phi) is 8.35. The lowest BCUT2D eigenvalue weighted by Gasteiger charge is -2.07. The van der Waals surface area contributed by atoms with E-state index in [1.807, 2.05) is 23.5 Å². The summed E-state index contributed by atoms with van der Waals surface area (Å²) >= 11 is 3.91. The minimum Gasteiger partial charge on any atom is -0.165 e. The molecular weight excluding hydrogens is 160 g/mol. The Morgan fingerprint density at radius 3 is 1.70 bits per heavy atom. The van der Waals surface area contributed by atoms with Gasteiger partial charge in [-0.15, -0.1) is 0 Å². The van der Waals surface area contributed by atoms with Crippen LogP contribution in [0.1, 0.15) is 19.8 Å². The fourth-order valence-electron chi connectivity index (χ4n) is 0.782. The van der Waals surface area contributed by atoms with Crippen LogP contribution in [0.5, 0.6) is 0 Å². The number of hydrogen-bond donors (Lipinski definition) is 0. The molecule has 0 aromatic carbocycles. The second kappa shape index (κ2) is 7.80. The minimum absolute atomic E-state index is 0.930. The van der Waals surface area contributed by atoms with E-state index in [1.165, 1.54) is 24.3 Å². The summed E-state index contributed by atoms with van der Waals surface area (Å²) in [5.41, 5.74) is 0. The molecule has 0 saturated carbocycles. The van der Waals surface area contributed by atoms with Gasteiger partial charge < -0.3 is 0 Å².